The summed E-state index contributed by atoms with van der Waals surface area (Å²) in [6.07, 6.45) is 3.44. The van der Waals surface area contributed by atoms with E-state index in [1.807, 2.05) is 19.1 Å². The summed E-state index contributed by atoms with van der Waals surface area (Å²) in [5.41, 5.74) is 5.80. The molecular weight excluding hydrogens is 229 g/mol. The van der Waals surface area contributed by atoms with Gasteiger partial charge in [0.2, 0.25) is 0 Å². The minimum Gasteiger partial charge on any atom is -0.278 e. The van der Waals surface area contributed by atoms with E-state index < -0.39 is 0 Å². The van der Waals surface area contributed by atoms with Crippen LogP contribution in [0, 0.1) is 12.7 Å². The highest BCUT2D eigenvalue weighted by atomic mass is 19.1. The molecule has 0 aliphatic carbocycles. The Morgan fingerprint density at radius 1 is 1.33 bits per heavy atom. The Hall–Kier alpha value is -2.23. The third-order valence-electron chi connectivity index (χ3n) is 2.60. The molecule has 18 heavy (non-hydrogen) atoms. The van der Waals surface area contributed by atoms with E-state index in [1.165, 1.54) is 6.07 Å². The van der Waals surface area contributed by atoms with Gasteiger partial charge >= 0.3 is 0 Å². The van der Waals surface area contributed by atoms with Crippen molar-refractivity contribution < 1.29 is 4.39 Å². The Balaban J connectivity index is 2.13. The van der Waals surface area contributed by atoms with Crippen molar-refractivity contribution in [2.24, 2.45) is 5.10 Å². The Bertz CT molecular complexity index is 565. The quantitative estimate of drug-likeness (QED) is 0.663. The van der Waals surface area contributed by atoms with Gasteiger partial charge in [-0.3, -0.25) is 10.4 Å². The summed E-state index contributed by atoms with van der Waals surface area (Å²) in [5, 5.41) is 4.20. The van der Waals surface area contributed by atoms with Gasteiger partial charge in [0.25, 0.3) is 0 Å². The fourth-order valence-electron chi connectivity index (χ4n) is 1.45. The van der Waals surface area contributed by atoms with Crippen LogP contribution in [0.5, 0.6) is 0 Å². The highest BCUT2D eigenvalue weighted by molar-refractivity contribution is 5.98. The first-order valence-corrected chi connectivity index (χ1v) is 5.63. The van der Waals surface area contributed by atoms with Gasteiger partial charge in [-0.15, -0.1) is 0 Å². The molecule has 0 bridgehead atoms. The van der Waals surface area contributed by atoms with Gasteiger partial charge in [0.15, 0.2) is 0 Å². The van der Waals surface area contributed by atoms with E-state index in [0.29, 0.717) is 11.3 Å². The molecule has 0 saturated carbocycles. The van der Waals surface area contributed by atoms with Gasteiger partial charge in [0.05, 0.1) is 11.4 Å². The Morgan fingerprint density at radius 2 is 2.17 bits per heavy atom. The largest absolute Gasteiger partial charge is 0.278 e. The molecule has 0 aliphatic rings. The Kier molecular flexibility index (Phi) is 3.67. The number of rotatable bonds is 3. The molecule has 2 rings (SSSR count). The molecule has 0 aliphatic heterocycles. The zero-order chi connectivity index (χ0) is 13.0. The van der Waals surface area contributed by atoms with Gasteiger partial charge in [-0.2, -0.15) is 5.10 Å². The average molecular weight is 243 g/mol. The molecule has 0 spiro atoms. The molecule has 0 amide bonds. The molecule has 3 nitrogen and oxygen atoms in total. The molecular formula is C14H14FN3. The summed E-state index contributed by atoms with van der Waals surface area (Å²) in [7, 11) is 0. The molecule has 4 heteroatoms. The first-order valence-electron chi connectivity index (χ1n) is 5.63. The van der Waals surface area contributed by atoms with E-state index in [-0.39, 0.29) is 5.82 Å². The van der Waals surface area contributed by atoms with Gasteiger partial charge in [0, 0.05) is 18.0 Å². The van der Waals surface area contributed by atoms with E-state index >= 15 is 0 Å². The number of halogens is 1. The highest BCUT2D eigenvalue weighted by Gasteiger charge is 1.99. The molecule has 0 radical (unpaired) electrons. The van der Waals surface area contributed by atoms with Crippen LogP contribution in [-0.2, 0) is 0 Å². The number of aryl methyl sites for hydroxylation is 1. The number of hydrogen-bond donors (Lipinski definition) is 1. The van der Waals surface area contributed by atoms with Crippen molar-refractivity contribution in [1.82, 2.24) is 4.98 Å². The minimum absolute atomic E-state index is 0.241. The lowest BCUT2D eigenvalue weighted by atomic mass is 10.2. The number of hydrazone groups is 1. The van der Waals surface area contributed by atoms with Crippen molar-refractivity contribution in [3.05, 3.63) is 59.7 Å². The normalized spacial score (nSPS) is 11.4. The van der Waals surface area contributed by atoms with Crippen molar-refractivity contribution in [3.63, 3.8) is 0 Å². The van der Waals surface area contributed by atoms with Crippen LogP contribution in [0.25, 0.3) is 0 Å². The number of aromatic nitrogens is 1. The number of anilines is 1. The van der Waals surface area contributed by atoms with Crippen molar-refractivity contribution in [2.45, 2.75) is 13.8 Å². The summed E-state index contributed by atoms with van der Waals surface area (Å²) in [5.74, 6) is -0.241. The second-order valence-electron chi connectivity index (χ2n) is 4.01. The molecule has 1 heterocycles. The van der Waals surface area contributed by atoms with Gasteiger partial charge < -0.3 is 0 Å². The molecule has 0 unspecified atom stereocenters. The molecule has 0 fully saturated rings. The van der Waals surface area contributed by atoms with E-state index in [4.69, 9.17) is 0 Å². The number of nitrogens with one attached hydrogen (secondary N) is 1. The summed E-state index contributed by atoms with van der Waals surface area (Å²) in [6.45, 7) is 3.60. The zero-order valence-electron chi connectivity index (χ0n) is 10.3. The van der Waals surface area contributed by atoms with Crippen molar-refractivity contribution in [3.8, 4) is 0 Å². The van der Waals surface area contributed by atoms with Crippen molar-refractivity contribution in [1.29, 1.82) is 0 Å². The van der Waals surface area contributed by atoms with Crippen molar-refractivity contribution in [2.75, 3.05) is 5.43 Å². The summed E-state index contributed by atoms with van der Waals surface area (Å²) >= 11 is 0. The van der Waals surface area contributed by atoms with Crippen LogP contribution in [-0.4, -0.2) is 10.7 Å². The smallest absolute Gasteiger partial charge is 0.128 e. The standard InChI is InChI=1S/C14H14FN3/c1-10-5-6-13(8-14(10)15)18-17-11(2)12-4-3-7-16-9-12/h3-9,18H,1-2H3/b17-11+. The maximum Gasteiger partial charge on any atom is 0.128 e. The Morgan fingerprint density at radius 3 is 2.83 bits per heavy atom. The van der Waals surface area contributed by atoms with E-state index in [1.54, 1.807) is 31.5 Å². The molecule has 92 valence electrons. The molecule has 0 saturated heterocycles. The predicted molar refractivity (Wildman–Crippen MR) is 71.2 cm³/mol. The second-order valence-corrected chi connectivity index (χ2v) is 4.01. The van der Waals surface area contributed by atoms with Crippen LogP contribution in [0.1, 0.15) is 18.1 Å². The number of pyridine rings is 1. The SMILES string of the molecule is C/C(=N\Nc1ccc(C)c(F)c1)c1cccnc1. The fourth-order valence-corrected chi connectivity index (χ4v) is 1.45. The molecule has 2 aromatic rings. The van der Waals surface area contributed by atoms with Crippen LogP contribution < -0.4 is 5.43 Å². The predicted octanol–water partition coefficient (Wildman–Crippen LogP) is 3.37. The van der Waals surface area contributed by atoms with Crippen LogP contribution in [0.2, 0.25) is 0 Å². The van der Waals surface area contributed by atoms with E-state index in [2.05, 4.69) is 15.5 Å². The van der Waals surface area contributed by atoms with E-state index in [0.717, 1.165) is 11.3 Å². The maximum absolute atomic E-state index is 13.3. The summed E-state index contributed by atoms with van der Waals surface area (Å²) in [6, 6.07) is 8.70. The van der Waals surface area contributed by atoms with Gasteiger partial charge in [-0.1, -0.05) is 12.1 Å². The number of hydrogen-bond acceptors (Lipinski definition) is 3. The van der Waals surface area contributed by atoms with Gasteiger partial charge in [-0.25, -0.2) is 4.39 Å². The summed E-state index contributed by atoms with van der Waals surface area (Å²) in [4.78, 5) is 4.02. The van der Waals surface area contributed by atoms with Crippen LogP contribution in [0.15, 0.2) is 47.8 Å². The third-order valence-corrected chi connectivity index (χ3v) is 2.60. The number of benzene rings is 1. The van der Waals surface area contributed by atoms with Crippen LogP contribution in [0.3, 0.4) is 0 Å². The van der Waals surface area contributed by atoms with Crippen LogP contribution >= 0.6 is 0 Å². The topological polar surface area (TPSA) is 37.3 Å². The van der Waals surface area contributed by atoms with Crippen molar-refractivity contribution >= 4 is 11.4 Å². The lowest BCUT2D eigenvalue weighted by Gasteiger charge is -2.04. The van der Waals surface area contributed by atoms with E-state index in [9.17, 15) is 4.39 Å². The average Bonchev–Trinajstić information content (AvgIpc) is 2.41. The minimum atomic E-state index is -0.241. The van der Waals surface area contributed by atoms with Gasteiger partial charge in [0.1, 0.15) is 5.82 Å². The lowest BCUT2D eigenvalue weighted by Crippen LogP contribution is -2.00. The lowest BCUT2D eigenvalue weighted by molar-refractivity contribution is 0.619. The van der Waals surface area contributed by atoms with Gasteiger partial charge in [-0.05, 0) is 37.6 Å². The molecule has 1 N–H and O–H groups in total. The van der Waals surface area contributed by atoms with Crippen LogP contribution in [0.4, 0.5) is 10.1 Å². The first-order chi connectivity index (χ1) is 8.66. The fraction of sp³-hybridized carbons (Fsp3) is 0.143. The highest BCUT2D eigenvalue weighted by Crippen LogP contribution is 2.13. The maximum atomic E-state index is 13.3. The molecule has 1 aromatic heterocycles. The second kappa shape index (κ2) is 5.40. The summed E-state index contributed by atoms with van der Waals surface area (Å²) < 4.78 is 13.3. The first kappa shape index (κ1) is 12.2. The molecule has 0 atom stereocenters. The number of nitrogens with zero attached hydrogens (tertiary/aromatic N) is 2. The third kappa shape index (κ3) is 2.91. The monoisotopic (exact) mass is 243 g/mol. The zero-order valence-corrected chi connectivity index (χ0v) is 10.3. The Labute approximate surface area is 105 Å². The molecule has 1 aromatic carbocycles.